The van der Waals surface area contributed by atoms with Crippen LogP contribution < -0.4 is 17.9 Å². The summed E-state index contributed by atoms with van der Waals surface area (Å²) in [6, 6.07) is 31.6. The molecule has 0 spiro atoms. The van der Waals surface area contributed by atoms with E-state index in [0.717, 1.165) is 0 Å². The van der Waals surface area contributed by atoms with E-state index in [0.29, 0.717) is 0 Å². The first kappa shape index (κ1) is 13.2. The molecule has 0 fully saturated rings. The van der Waals surface area contributed by atoms with Gasteiger partial charge in [-0.2, -0.15) is 0 Å². The van der Waals surface area contributed by atoms with E-state index in [2.05, 4.69) is 72.8 Å². The van der Waals surface area contributed by atoms with E-state index in [1.807, 2.05) is 18.2 Å². The predicted octanol–water partition coefficient (Wildman–Crippen LogP) is 1.61. The molecule has 0 radical (unpaired) electrons. The van der Waals surface area contributed by atoms with Gasteiger partial charge in [-0.15, -0.1) is 0 Å². The molecule has 0 unspecified atom stereocenters. The average molecular weight is 320 g/mol. The van der Waals surface area contributed by atoms with Gasteiger partial charge in [0.15, 0.2) is 0 Å². The van der Waals surface area contributed by atoms with Crippen LogP contribution in [0.2, 0.25) is 0 Å². The van der Waals surface area contributed by atoms with Gasteiger partial charge >= 0.3 is 122 Å². The monoisotopic (exact) mass is 321 g/mol. The van der Waals surface area contributed by atoms with E-state index < -0.39 is 13.5 Å². The van der Waals surface area contributed by atoms with Crippen LogP contribution in [-0.4, -0.2) is 13.5 Å². The topological polar surface area (TPSA) is 26.0 Å². The molecule has 0 heterocycles. The number of hydrogen-bond acceptors (Lipinski definition) is 1. The molecule has 2 heteroatoms. The van der Waals surface area contributed by atoms with Gasteiger partial charge in [0.2, 0.25) is 0 Å². The predicted molar refractivity (Wildman–Crippen MR) is 88.2 cm³/mol. The fraction of sp³-hybridized carbons (Fsp3) is 0. The Morgan fingerprint density at radius 2 is 0.700 bits per heavy atom. The maximum atomic E-state index is 7.05. The first-order chi connectivity index (χ1) is 9.82. The quantitative estimate of drug-likeness (QED) is 0.729. The zero-order chi connectivity index (χ0) is 13.8. The minimum atomic E-state index is -2.99. The normalized spacial score (nSPS) is 11.2. The summed E-state index contributed by atoms with van der Waals surface area (Å²) in [6.07, 6.45) is 0. The van der Waals surface area contributed by atoms with E-state index >= 15 is 0 Å². The third-order valence-corrected chi connectivity index (χ3v) is 11.5. The molecule has 3 aromatic carbocycles. The molecule has 0 atom stereocenters. The van der Waals surface area contributed by atoms with Gasteiger partial charge in [0.1, 0.15) is 0 Å². The summed E-state index contributed by atoms with van der Waals surface area (Å²) in [5.74, 6) is 0. The van der Waals surface area contributed by atoms with Gasteiger partial charge in [0.25, 0.3) is 0 Å². The summed E-state index contributed by atoms with van der Waals surface area (Å²) in [5, 5.41) is 0. The molecule has 0 aliphatic heterocycles. The Bertz CT molecular complexity index is 569. The van der Waals surface area contributed by atoms with E-state index in [1.54, 1.807) is 0 Å². The van der Waals surface area contributed by atoms with E-state index in [9.17, 15) is 0 Å². The van der Waals surface area contributed by atoms with Crippen LogP contribution >= 0.6 is 0 Å². The summed E-state index contributed by atoms with van der Waals surface area (Å²) in [7, 11) is 0. The third-order valence-electron chi connectivity index (χ3n) is 3.69. The number of nitrogens with two attached hydrogens (primary N) is 1. The number of benzene rings is 3. The number of rotatable bonds is 3. The molecular formula is C18H17GeN. The molecule has 3 rings (SSSR count). The summed E-state index contributed by atoms with van der Waals surface area (Å²) in [6.45, 7) is 0. The summed E-state index contributed by atoms with van der Waals surface area (Å²) in [4.78, 5) is 0. The molecule has 98 valence electrons. The second-order valence-electron chi connectivity index (χ2n) is 4.91. The van der Waals surface area contributed by atoms with E-state index in [-0.39, 0.29) is 0 Å². The summed E-state index contributed by atoms with van der Waals surface area (Å²) in [5.41, 5.74) is 0. The molecule has 3 aromatic rings. The Hall–Kier alpha value is -1.84. The maximum absolute atomic E-state index is 7.05. The Kier molecular flexibility index (Phi) is 3.72. The number of hydrogen-bond donors (Lipinski definition) is 1. The first-order valence-electron chi connectivity index (χ1n) is 6.77. The van der Waals surface area contributed by atoms with Crippen molar-refractivity contribution in [1.82, 2.24) is 0 Å². The zero-order valence-corrected chi connectivity index (χ0v) is 13.3. The van der Waals surface area contributed by atoms with Crippen molar-refractivity contribution in [2.45, 2.75) is 0 Å². The Morgan fingerprint density at radius 1 is 0.450 bits per heavy atom. The van der Waals surface area contributed by atoms with Crippen molar-refractivity contribution in [2.75, 3.05) is 0 Å². The molecule has 1 nitrogen and oxygen atoms in total. The van der Waals surface area contributed by atoms with Crippen molar-refractivity contribution in [3.05, 3.63) is 91.0 Å². The standard InChI is InChI=1S/C18H17GeN/c20-19(16-10-4-1-5-11-16,17-12-6-2-7-13-17)18-14-8-3-9-15-18/h1-15H,20H2. The first-order valence-corrected chi connectivity index (χ1v) is 11.1. The van der Waals surface area contributed by atoms with Crippen LogP contribution in [0.3, 0.4) is 0 Å². The van der Waals surface area contributed by atoms with Gasteiger partial charge in [0.05, 0.1) is 0 Å². The molecule has 0 aliphatic carbocycles. The van der Waals surface area contributed by atoms with Crippen molar-refractivity contribution in [3.8, 4) is 0 Å². The molecule has 0 saturated heterocycles. The van der Waals surface area contributed by atoms with Gasteiger partial charge in [-0.25, -0.2) is 0 Å². The van der Waals surface area contributed by atoms with E-state index in [4.69, 9.17) is 4.69 Å². The summed E-state index contributed by atoms with van der Waals surface area (Å²) >= 11 is -2.99. The molecule has 2 N–H and O–H groups in total. The molecule has 0 aromatic heterocycles. The third kappa shape index (κ3) is 2.30. The van der Waals surface area contributed by atoms with Crippen molar-refractivity contribution in [1.29, 1.82) is 0 Å². The zero-order valence-electron chi connectivity index (χ0n) is 11.2. The van der Waals surface area contributed by atoms with Crippen LogP contribution in [0.5, 0.6) is 0 Å². The van der Waals surface area contributed by atoms with Crippen LogP contribution in [-0.2, 0) is 0 Å². The second kappa shape index (κ2) is 5.65. The van der Waals surface area contributed by atoms with Crippen LogP contribution in [0, 0.1) is 0 Å². The molecule has 0 amide bonds. The Morgan fingerprint density at radius 3 is 0.950 bits per heavy atom. The van der Waals surface area contributed by atoms with Gasteiger partial charge in [-0.3, -0.25) is 0 Å². The van der Waals surface area contributed by atoms with Crippen LogP contribution in [0.25, 0.3) is 0 Å². The SMILES string of the molecule is [NH2][Ge]([c]1ccccc1)([c]1ccccc1)[c]1ccccc1. The molecule has 0 saturated carbocycles. The second-order valence-corrected chi connectivity index (χ2v) is 11.9. The molecule has 20 heavy (non-hydrogen) atoms. The van der Waals surface area contributed by atoms with Crippen molar-refractivity contribution >= 4 is 26.7 Å². The minimum absolute atomic E-state index is 1.28. The molecular weight excluding hydrogens is 303 g/mol. The Labute approximate surface area is 122 Å². The molecule has 0 bridgehead atoms. The van der Waals surface area contributed by atoms with Crippen molar-refractivity contribution in [3.63, 3.8) is 0 Å². The van der Waals surface area contributed by atoms with Gasteiger partial charge in [-0.1, -0.05) is 0 Å². The van der Waals surface area contributed by atoms with Crippen molar-refractivity contribution in [2.24, 2.45) is 4.69 Å². The van der Waals surface area contributed by atoms with Crippen LogP contribution in [0.15, 0.2) is 91.0 Å². The Balaban J connectivity index is 2.24. The van der Waals surface area contributed by atoms with Crippen LogP contribution in [0.4, 0.5) is 0 Å². The fourth-order valence-electron chi connectivity index (χ4n) is 2.60. The van der Waals surface area contributed by atoms with Gasteiger partial charge < -0.3 is 0 Å². The van der Waals surface area contributed by atoms with Gasteiger partial charge in [-0.05, 0) is 0 Å². The fourth-order valence-corrected chi connectivity index (χ4v) is 9.22. The average Bonchev–Trinajstić information content (AvgIpc) is 2.56. The van der Waals surface area contributed by atoms with E-state index in [1.165, 1.54) is 13.2 Å². The van der Waals surface area contributed by atoms with Crippen LogP contribution in [0.1, 0.15) is 0 Å². The molecule has 0 aliphatic rings. The van der Waals surface area contributed by atoms with Gasteiger partial charge in [0, 0.05) is 0 Å². The summed E-state index contributed by atoms with van der Waals surface area (Å²) < 4.78 is 10.9. The van der Waals surface area contributed by atoms with Crippen molar-refractivity contribution < 1.29 is 0 Å².